The first kappa shape index (κ1) is 26.6. The summed E-state index contributed by atoms with van der Waals surface area (Å²) in [6.45, 7) is 14.8. The molecule has 3 heterocycles. The van der Waals surface area contributed by atoms with Crippen molar-refractivity contribution in [2.45, 2.75) is 96.2 Å². The number of rotatable bonds is 5. The van der Waals surface area contributed by atoms with Crippen LogP contribution in [0.3, 0.4) is 0 Å². The van der Waals surface area contributed by atoms with Crippen LogP contribution in [0.4, 0.5) is 5.69 Å². The minimum absolute atomic E-state index is 0.0227. The number of anilines is 1. The standard InChI is InChI=1S/C31H44ClN3O2/c1-29(2,3)34-18-16-31(22-34,23-6-8-24(32)9-7-23)28(36)33-17-12-26(20-33)35(27-13-19-37-21-27)25-10-14-30(4,5)15-11-25/h6-9,13,19,21,25-26H,10-12,14-18,20,22H2,1-5H3/t26-,31+/m0/s1. The molecule has 1 aliphatic carbocycles. The Morgan fingerprint density at radius 1 is 1.00 bits per heavy atom. The van der Waals surface area contributed by atoms with Crippen molar-refractivity contribution < 1.29 is 9.21 Å². The molecule has 5 nitrogen and oxygen atoms in total. The Morgan fingerprint density at radius 2 is 1.70 bits per heavy atom. The van der Waals surface area contributed by atoms with Gasteiger partial charge in [0, 0.05) is 48.8 Å². The van der Waals surface area contributed by atoms with Crippen LogP contribution >= 0.6 is 11.6 Å². The van der Waals surface area contributed by atoms with Gasteiger partial charge in [0.25, 0.3) is 0 Å². The first-order valence-electron chi connectivity index (χ1n) is 14.1. The van der Waals surface area contributed by atoms with Crippen LogP contribution in [-0.4, -0.2) is 59.5 Å². The topological polar surface area (TPSA) is 39.9 Å². The van der Waals surface area contributed by atoms with Crippen LogP contribution in [0.15, 0.2) is 47.3 Å². The molecule has 0 radical (unpaired) electrons. The highest BCUT2D eigenvalue weighted by Crippen LogP contribution is 2.42. The molecule has 0 bridgehead atoms. The molecule has 1 saturated carbocycles. The number of carbonyl (C=O) groups is 1. The van der Waals surface area contributed by atoms with E-state index in [9.17, 15) is 4.79 Å². The molecule has 2 atom stereocenters. The minimum atomic E-state index is -0.526. The fraction of sp³-hybridized carbons (Fsp3) is 0.645. The maximum atomic E-state index is 14.5. The van der Waals surface area contributed by atoms with Gasteiger partial charge >= 0.3 is 0 Å². The van der Waals surface area contributed by atoms with Gasteiger partial charge in [-0.3, -0.25) is 9.69 Å². The molecular weight excluding hydrogens is 482 g/mol. The largest absolute Gasteiger partial charge is 0.470 e. The molecular formula is C31H44ClN3O2. The van der Waals surface area contributed by atoms with Crippen molar-refractivity contribution in [3.63, 3.8) is 0 Å². The van der Waals surface area contributed by atoms with E-state index in [0.29, 0.717) is 22.5 Å². The van der Waals surface area contributed by atoms with Gasteiger partial charge in [0.2, 0.25) is 5.91 Å². The van der Waals surface area contributed by atoms with E-state index >= 15 is 0 Å². The van der Waals surface area contributed by atoms with Crippen LogP contribution in [-0.2, 0) is 10.2 Å². The van der Waals surface area contributed by atoms with Crippen LogP contribution in [0.2, 0.25) is 5.02 Å². The predicted octanol–water partition coefficient (Wildman–Crippen LogP) is 6.75. The zero-order valence-corrected chi connectivity index (χ0v) is 24.1. The lowest BCUT2D eigenvalue weighted by Crippen LogP contribution is -2.51. The summed E-state index contributed by atoms with van der Waals surface area (Å²) in [6.07, 6.45) is 10.4. The van der Waals surface area contributed by atoms with Crippen LogP contribution in [0, 0.1) is 5.41 Å². The number of hydrogen-bond donors (Lipinski definition) is 0. The van der Waals surface area contributed by atoms with E-state index in [4.69, 9.17) is 16.0 Å². The molecule has 37 heavy (non-hydrogen) atoms. The lowest BCUT2D eigenvalue weighted by Gasteiger charge is -2.43. The second kappa shape index (κ2) is 9.96. The molecule has 202 valence electrons. The average molecular weight is 526 g/mol. The van der Waals surface area contributed by atoms with Gasteiger partial charge in [0.15, 0.2) is 0 Å². The third kappa shape index (κ3) is 5.31. The Kier molecular flexibility index (Phi) is 7.17. The van der Waals surface area contributed by atoms with Gasteiger partial charge in [0.1, 0.15) is 6.26 Å². The summed E-state index contributed by atoms with van der Waals surface area (Å²) in [4.78, 5) is 21.7. The van der Waals surface area contributed by atoms with Crippen molar-refractivity contribution in [1.29, 1.82) is 0 Å². The smallest absolute Gasteiger partial charge is 0.234 e. The van der Waals surface area contributed by atoms with Gasteiger partial charge in [0.05, 0.1) is 17.4 Å². The van der Waals surface area contributed by atoms with E-state index in [0.717, 1.165) is 50.3 Å². The van der Waals surface area contributed by atoms with Gasteiger partial charge in [-0.25, -0.2) is 0 Å². The molecule has 3 aliphatic rings. The summed E-state index contributed by atoms with van der Waals surface area (Å²) in [5.41, 5.74) is 2.18. The van der Waals surface area contributed by atoms with Gasteiger partial charge in [-0.2, -0.15) is 0 Å². The maximum absolute atomic E-state index is 14.5. The molecule has 0 unspecified atom stereocenters. The number of amides is 1. The van der Waals surface area contributed by atoms with E-state index < -0.39 is 5.41 Å². The van der Waals surface area contributed by atoms with Crippen molar-refractivity contribution in [3.05, 3.63) is 53.4 Å². The molecule has 0 N–H and O–H groups in total. The Labute approximate surface area is 228 Å². The Balaban J connectivity index is 1.39. The lowest BCUT2D eigenvalue weighted by molar-refractivity contribution is -0.136. The van der Waals surface area contributed by atoms with Gasteiger partial charge in [-0.1, -0.05) is 37.6 Å². The number of furan rings is 1. The number of halogens is 1. The molecule has 2 saturated heterocycles. The lowest BCUT2D eigenvalue weighted by atomic mass is 9.75. The van der Waals surface area contributed by atoms with E-state index in [1.807, 2.05) is 18.4 Å². The van der Waals surface area contributed by atoms with Crippen molar-refractivity contribution in [2.24, 2.45) is 5.41 Å². The Hall–Kier alpha value is -1.98. The highest BCUT2D eigenvalue weighted by atomic mass is 35.5. The minimum Gasteiger partial charge on any atom is -0.470 e. The van der Waals surface area contributed by atoms with Crippen LogP contribution in [0.1, 0.15) is 78.7 Å². The summed E-state index contributed by atoms with van der Waals surface area (Å²) in [5.74, 6) is 0.279. The van der Waals surface area contributed by atoms with Gasteiger partial charge in [-0.05, 0) is 88.5 Å². The number of likely N-dealkylation sites (tertiary alicyclic amines) is 2. The summed E-state index contributed by atoms with van der Waals surface area (Å²) in [5, 5.41) is 0.713. The second-order valence-electron chi connectivity index (χ2n) is 13.4. The monoisotopic (exact) mass is 525 g/mol. The number of benzene rings is 1. The van der Waals surface area contributed by atoms with E-state index in [1.54, 1.807) is 6.26 Å². The number of carbonyl (C=O) groups excluding carboxylic acids is 1. The highest BCUT2D eigenvalue weighted by molar-refractivity contribution is 6.30. The fourth-order valence-corrected chi connectivity index (χ4v) is 7.05. The Morgan fingerprint density at radius 3 is 2.30 bits per heavy atom. The summed E-state index contributed by atoms with van der Waals surface area (Å²) in [6, 6.07) is 10.9. The quantitative estimate of drug-likeness (QED) is 0.433. The SMILES string of the molecule is CC1(C)CCC(N(c2ccoc2)[C@H]2CCN(C(=O)[C@]3(c4ccc(Cl)cc4)CCN(C(C)(C)C)C3)C2)CC1. The molecule has 2 aromatic rings. The van der Waals surface area contributed by atoms with Crippen molar-refractivity contribution >= 4 is 23.2 Å². The van der Waals surface area contributed by atoms with E-state index in [2.05, 4.69) is 67.5 Å². The summed E-state index contributed by atoms with van der Waals surface area (Å²) in [7, 11) is 0. The molecule has 5 rings (SSSR count). The van der Waals surface area contributed by atoms with Crippen molar-refractivity contribution in [3.8, 4) is 0 Å². The number of nitrogens with zero attached hydrogens (tertiary/aromatic N) is 3. The first-order chi connectivity index (χ1) is 17.5. The van der Waals surface area contributed by atoms with Gasteiger partial charge < -0.3 is 14.2 Å². The second-order valence-corrected chi connectivity index (χ2v) is 13.8. The van der Waals surface area contributed by atoms with Gasteiger partial charge in [-0.15, -0.1) is 0 Å². The van der Waals surface area contributed by atoms with Crippen molar-refractivity contribution in [2.75, 3.05) is 31.1 Å². The normalized spacial score (nSPS) is 27.1. The fourth-order valence-electron chi connectivity index (χ4n) is 6.93. The summed E-state index contributed by atoms with van der Waals surface area (Å²) < 4.78 is 5.53. The molecule has 0 spiro atoms. The number of hydrogen-bond acceptors (Lipinski definition) is 4. The zero-order chi connectivity index (χ0) is 26.4. The van der Waals surface area contributed by atoms with Crippen molar-refractivity contribution in [1.82, 2.24) is 9.80 Å². The molecule has 1 aromatic heterocycles. The van der Waals surface area contributed by atoms with E-state index in [-0.39, 0.29) is 11.4 Å². The predicted molar refractivity (Wildman–Crippen MR) is 151 cm³/mol. The van der Waals surface area contributed by atoms with Crippen LogP contribution in [0.5, 0.6) is 0 Å². The highest BCUT2D eigenvalue weighted by Gasteiger charge is 2.51. The first-order valence-corrected chi connectivity index (χ1v) is 14.5. The third-order valence-electron chi connectivity index (χ3n) is 9.37. The van der Waals surface area contributed by atoms with Crippen LogP contribution < -0.4 is 4.90 Å². The Bertz CT molecular complexity index is 1060. The third-order valence-corrected chi connectivity index (χ3v) is 9.63. The molecule has 1 amide bonds. The maximum Gasteiger partial charge on any atom is 0.234 e. The molecule has 2 aliphatic heterocycles. The molecule has 3 fully saturated rings. The summed E-state index contributed by atoms with van der Waals surface area (Å²) >= 11 is 6.25. The van der Waals surface area contributed by atoms with Crippen LogP contribution in [0.25, 0.3) is 0 Å². The van der Waals surface area contributed by atoms with E-state index in [1.165, 1.54) is 25.7 Å². The zero-order valence-electron chi connectivity index (χ0n) is 23.3. The average Bonchev–Trinajstić information content (AvgIpc) is 3.62. The molecule has 6 heteroatoms. The molecule has 1 aromatic carbocycles.